The van der Waals surface area contributed by atoms with E-state index in [-0.39, 0.29) is 17.9 Å². The van der Waals surface area contributed by atoms with E-state index in [2.05, 4.69) is 0 Å². The average Bonchev–Trinajstić information content (AvgIpc) is 2.47. The fourth-order valence-electron chi connectivity index (χ4n) is 2.19. The summed E-state index contributed by atoms with van der Waals surface area (Å²) in [4.78, 5) is 13.8. The third-order valence-electron chi connectivity index (χ3n) is 2.98. The summed E-state index contributed by atoms with van der Waals surface area (Å²) in [5, 5.41) is 0.997. The molecule has 16 heavy (non-hydrogen) atoms. The van der Waals surface area contributed by atoms with E-state index >= 15 is 0 Å². The van der Waals surface area contributed by atoms with Crippen LogP contribution in [-0.2, 0) is 4.79 Å². The molecule has 1 fully saturated rings. The van der Waals surface area contributed by atoms with Crippen molar-refractivity contribution in [2.75, 3.05) is 4.90 Å². The highest BCUT2D eigenvalue weighted by Crippen LogP contribution is 2.33. The van der Waals surface area contributed by atoms with E-state index in [1.807, 2.05) is 19.9 Å². The molecule has 0 aliphatic carbocycles. The van der Waals surface area contributed by atoms with Gasteiger partial charge in [-0.05, 0) is 31.5 Å². The van der Waals surface area contributed by atoms with E-state index in [1.165, 1.54) is 0 Å². The lowest BCUT2D eigenvalue weighted by Crippen LogP contribution is -2.31. The van der Waals surface area contributed by atoms with Crippen LogP contribution in [0.5, 0.6) is 0 Å². The first-order valence-electron chi connectivity index (χ1n) is 5.29. The van der Waals surface area contributed by atoms with E-state index in [0.29, 0.717) is 10.0 Å². The minimum absolute atomic E-state index is 0.0875. The van der Waals surface area contributed by atoms with E-state index in [1.54, 1.807) is 17.0 Å². The summed E-state index contributed by atoms with van der Waals surface area (Å²) in [5.74, 6) is 0.246. The Morgan fingerprint density at radius 3 is 2.44 bits per heavy atom. The van der Waals surface area contributed by atoms with Gasteiger partial charge in [0.25, 0.3) is 0 Å². The Labute approximate surface area is 105 Å². The molecule has 2 atom stereocenters. The summed E-state index contributed by atoms with van der Waals surface area (Å²) in [5.41, 5.74) is 0.830. The summed E-state index contributed by atoms with van der Waals surface area (Å²) in [6, 6.07) is 5.53. The highest BCUT2D eigenvalue weighted by Gasteiger charge is 2.35. The Balaban J connectivity index is 2.37. The molecule has 2 nitrogen and oxygen atoms in total. The molecular weight excluding hydrogens is 245 g/mol. The van der Waals surface area contributed by atoms with Crippen LogP contribution in [-0.4, -0.2) is 11.9 Å². The van der Waals surface area contributed by atoms with Crippen molar-refractivity contribution >= 4 is 34.8 Å². The number of halogens is 2. The first-order valence-corrected chi connectivity index (χ1v) is 6.04. The van der Waals surface area contributed by atoms with Gasteiger partial charge in [-0.3, -0.25) is 4.79 Å². The van der Waals surface area contributed by atoms with Crippen LogP contribution in [0.2, 0.25) is 10.0 Å². The van der Waals surface area contributed by atoms with Gasteiger partial charge in [-0.1, -0.05) is 30.1 Å². The Bertz CT molecular complexity index is 433. The van der Waals surface area contributed by atoms with Crippen molar-refractivity contribution in [3.05, 3.63) is 28.2 Å². The maximum Gasteiger partial charge on any atom is 0.230 e. The molecule has 2 unspecified atom stereocenters. The lowest BCUT2D eigenvalue weighted by molar-refractivity contribution is -0.119. The van der Waals surface area contributed by atoms with E-state index < -0.39 is 0 Å². The fourth-order valence-corrected chi connectivity index (χ4v) is 2.48. The molecule has 0 N–H and O–H groups in total. The van der Waals surface area contributed by atoms with Crippen LogP contribution >= 0.6 is 23.2 Å². The Morgan fingerprint density at radius 1 is 1.25 bits per heavy atom. The molecule has 0 radical (unpaired) electrons. The van der Waals surface area contributed by atoms with Crippen molar-refractivity contribution in [1.82, 2.24) is 0 Å². The number of nitrogens with zero attached hydrogens (tertiary/aromatic N) is 1. The van der Waals surface area contributed by atoms with Crippen LogP contribution in [0.25, 0.3) is 0 Å². The summed E-state index contributed by atoms with van der Waals surface area (Å²) in [7, 11) is 0. The molecule has 86 valence electrons. The summed E-state index contributed by atoms with van der Waals surface area (Å²) in [6.07, 6.45) is 0.888. The summed E-state index contributed by atoms with van der Waals surface area (Å²) in [6.45, 7) is 4.00. The molecule has 1 aromatic rings. The predicted octanol–water partition coefficient (Wildman–Crippen LogP) is 3.75. The molecule has 0 saturated carbocycles. The molecule has 1 aliphatic rings. The topological polar surface area (TPSA) is 20.3 Å². The Kier molecular flexibility index (Phi) is 3.13. The fraction of sp³-hybridized carbons (Fsp3) is 0.417. The van der Waals surface area contributed by atoms with Crippen LogP contribution < -0.4 is 4.90 Å². The van der Waals surface area contributed by atoms with Crippen molar-refractivity contribution in [3.8, 4) is 0 Å². The van der Waals surface area contributed by atoms with Gasteiger partial charge in [0.05, 0.1) is 10.0 Å². The van der Waals surface area contributed by atoms with Gasteiger partial charge in [-0.25, -0.2) is 0 Å². The Morgan fingerprint density at radius 2 is 1.94 bits per heavy atom. The minimum Gasteiger partial charge on any atom is -0.309 e. The van der Waals surface area contributed by atoms with Crippen molar-refractivity contribution < 1.29 is 4.79 Å². The van der Waals surface area contributed by atoms with Crippen LogP contribution in [0, 0.1) is 5.92 Å². The van der Waals surface area contributed by atoms with Gasteiger partial charge >= 0.3 is 0 Å². The molecule has 0 aromatic heterocycles. The highest BCUT2D eigenvalue weighted by molar-refractivity contribution is 6.42. The molecule has 2 rings (SSSR count). The van der Waals surface area contributed by atoms with Gasteiger partial charge in [0, 0.05) is 17.6 Å². The first kappa shape index (κ1) is 11.7. The summed E-state index contributed by atoms with van der Waals surface area (Å²) >= 11 is 11.8. The normalized spacial score (nSPS) is 25.2. The largest absolute Gasteiger partial charge is 0.309 e. The average molecular weight is 258 g/mol. The van der Waals surface area contributed by atoms with Gasteiger partial charge in [0.1, 0.15) is 0 Å². The second kappa shape index (κ2) is 4.27. The number of rotatable bonds is 1. The van der Waals surface area contributed by atoms with Crippen LogP contribution in [0.15, 0.2) is 18.2 Å². The number of amides is 1. The second-order valence-electron chi connectivity index (χ2n) is 4.29. The van der Waals surface area contributed by atoms with Crippen LogP contribution in [0.1, 0.15) is 20.3 Å². The lowest BCUT2D eigenvalue weighted by Gasteiger charge is -2.22. The maximum atomic E-state index is 12.0. The molecular formula is C12H13Cl2NO. The van der Waals surface area contributed by atoms with Gasteiger partial charge in [0.2, 0.25) is 5.91 Å². The number of benzene rings is 1. The minimum atomic E-state index is 0.0875. The third kappa shape index (κ3) is 1.92. The van der Waals surface area contributed by atoms with Crippen molar-refractivity contribution in [3.63, 3.8) is 0 Å². The molecule has 0 spiro atoms. The molecule has 1 aliphatic heterocycles. The smallest absolute Gasteiger partial charge is 0.230 e. The lowest BCUT2D eigenvalue weighted by atomic mass is 10.1. The maximum absolute atomic E-state index is 12.0. The number of carbonyl (C=O) groups is 1. The third-order valence-corrected chi connectivity index (χ3v) is 3.71. The van der Waals surface area contributed by atoms with Crippen LogP contribution in [0.4, 0.5) is 5.69 Å². The zero-order valence-electron chi connectivity index (χ0n) is 9.21. The quantitative estimate of drug-likeness (QED) is 0.751. The molecule has 0 bridgehead atoms. The predicted molar refractivity (Wildman–Crippen MR) is 67.2 cm³/mol. The van der Waals surface area contributed by atoms with Crippen molar-refractivity contribution in [1.29, 1.82) is 0 Å². The van der Waals surface area contributed by atoms with E-state index in [9.17, 15) is 4.79 Å². The van der Waals surface area contributed by atoms with Crippen molar-refractivity contribution in [2.24, 2.45) is 5.92 Å². The molecule has 4 heteroatoms. The molecule has 1 aromatic carbocycles. The van der Waals surface area contributed by atoms with E-state index in [4.69, 9.17) is 23.2 Å². The number of anilines is 1. The van der Waals surface area contributed by atoms with Gasteiger partial charge in [-0.2, -0.15) is 0 Å². The molecule has 1 amide bonds. The summed E-state index contributed by atoms with van der Waals surface area (Å²) < 4.78 is 0. The zero-order chi connectivity index (χ0) is 11.9. The SMILES string of the molecule is CC1CC(C)N(c2ccc(Cl)c(Cl)c2)C1=O. The van der Waals surface area contributed by atoms with Crippen molar-refractivity contribution in [2.45, 2.75) is 26.3 Å². The Hall–Kier alpha value is -0.730. The van der Waals surface area contributed by atoms with Crippen LogP contribution in [0.3, 0.4) is 0 Å². The van der Waals surface area contributed by atoms with Gasteiger partial charge < -0.3 is 4.90 Å². The highest BCUT2D eigenvalue weighted by atomic mass is 35.5. The van der Waals surface area contributed by atoms with Gasteiger partial charge in [0.15, 0.2) is 0 Å². The molecule has 1 heterocycles. The zero-order valence-corrected chi connectivity index (χ0v) is 10.7. The molecule has 1 saturated heterocycles. The second-order valence-corrected chi connectivity index (χ2v) is 5.11. The first-order chi connectivity index (χ1) is 7.50. The van der Waals surface area contributed by atoms with Gasteiger partial charge in [-0.15, -0.1) is 0 Å². The van der Waals surface area contributed by atoms with E-state index in [0.717, 1.165) is 12.1 Å². The number of carbonyl (C=O) groups excluding carboxylic acids is 1. The monoisotopic (exact) mass is 257 g/mol. The standard InChI is InChI=1S/C12H13Cl2NO/c1-7-5-8(2)15(12(7)16)9-3-4-10(13)11(14)6-9/h3-4,6-8H,5H2,1-2H3. The number of hydrogen-bond acceptors (Lipinski definition) is 1. The number of hydrogen-bond donors (Lipinski definition) is 0.